The Morgan fingerprint density at radius 2 is 2.09 bits per heavy atom. The fourth-order valence-electron chi connectivity index (χ4n) is 1.01. The average molecular weight is 371 g/mol. The average Bonchev–Trinajstić information content (AvgIpc) is 2.03. The van der Waals surface area contributed by atoms with Crippen molar-refractivity contribution in [1.82, 2.24) is 0 Å². The first-order chi connectivity index (χ1) is 4.90. The zero-order chi connectivity index (χ0) is 8.70. The van der Waals surface area contributed by atoms with Crippen molar-refractivity contribution >= 4 is 57.6 Å². The Balaban J connectivity index is 2.90. The van der Waals surface area contributed by atoms with Crippen LogP contribution in [0, 0.1) is 0 Å². The van der Waals surface area contributed by atoms with Crippen LogP contribution < -0.4 is 0 Å². The quantitative estimate of drug-likeness (QED) is 0.658. The summed E-state index contributed by atoms with van der Waals surface area (Å²) in [5.41, 5.74) is 0. The summed E-state index contributed by atoms with van der Waals surface area (Å²) in [7, 11) is -2.84. The van der Waals surface area contributed by atoms with Gasteiger partial charge < -0.3 is 0 Å². The second kappa shape index (κ2) is 3.27. The first kappa shape index (κ1) is 10.5. The van der Waals surface area contributed by atoms with Crippen LogP contribution in [0.5, 0.6) is 0 Å². The van der Waals surface area contributed by atoms with E-state index in [0.29, 0.717) is 5.33 Å². The molecule has 1 saturated heterocycles. The fourth-order valence-corrected chi connectivity index (χ4v) is 7.38. The van der Waals surface area contributed by atoms with Gasteiger partial charge in [0, 0.05) is 10.2 Å². The highest BCUT2D eigenvalue weighted by Crippen LogP contribution is 2.38. The number of halogens is 3. The van der Waals surface area contributed by atoms with Crippen LogP contribution in [0.2, 0.25) is 0 Å². The maximum atomic E-state index is 11.1. The minimum atomic E-state index is -2.84. The predicted octanol–water partition coefficient (Wildman–Crippen LogP) is 1.71. The second-order valence-electron chi connectivity index (χ2n) is 2.69. The van der Waals surface area contributed by atoms with Gasteiger partial charge in [-0.15, -0.1) is 0 Å². The van der Waals surface area contributed by atoms with Crippen molar-refractivity contribution in [1.29, 1.82) is 0 Å². The van der Waals surface area contributed by atoms with Crippen LogP contribution >= 0.6 is 47.8 Å². The van der Waals surface area contributed by atoms with Gasteiger partial charge in [0.2, 0.25) is 0 Å². The molecule has 2 nitrogen and oxygen atoms in total. The molecule has 2 atom stereocenters. The molecule has 0 aromatic heterocycles. The van der Waals surface area contributed by atoms with E-state index in [1.54, 1.807) is 0 Å². The molecule has 66 valence electrons. The first-order valence-electron chi connectivity index (χ1n) is 2.99. The van der Waals surface area contributed by atoms with Crippen LogP contribution in [0.4, 0.5) is 0 Å². The van der Waals surface area contributed by atoms with Gasteiger partial charge in [0.25, 0.3) is 0 Å². The molecule has 1 rings (SSSR count). The Labute approximate surface area is 91.4 Å². The van der Waals surface area contributed by atoms with Crippen molar-refractivity contribution in [2.75, 3.05) is 16.8 Å². The molecular weight excluding hydrogens is 364 g/mol. The zero-order valence-electron chi connectivity index (χ0n) is 5.56. The maximum Gasteiger partial charge on any atom is 0.152 e. The third kappa shape index (κ3) is 2.19. The van der Waals surface area contributed by atoms with Crippen molar-refractivity contribution in [2.45, 2.75) is 9.15 Å². The summed E-state index contributed by atoms with van der Waals surface area (Å²) >= 11 is 10.0. The third-order valence-corrected chi connectivity index (χ3v) is 8.92. The number of hydrogen-bond acceptors (Lipinski definition) is 2. The molecule has 0 spiro atoms. The largest absolute Gasteiger partial charge is 0.229 e. The van der Waals surface area contributed by atoms with Crippen LogP contribution in [0.1, 0.15) is 0 Å². The zero-order valence-corrected chi connectivity index (χ0v) is 11.1. The van der Waals surface area contributed by atoms with Gasteiger partial charge in [0.1, 0.15) is 0 Å². The van der Waals surface area contributed by atoms with Crippen molar-refractivity contribution in [2.24, 2.45) is 0 Å². The molecule has 0 aliphatic carbocycles. The third-order valence-electron chi connectivity index (χ3n) is 1.64. The Kier molecular flexibility index (Phi) is 3.11. The molecule has 0 aromatic carbocycles. The lowest BCUT2D eigenvalue weighted by Crippen LogP contribution is -2.32. The van der Waals surface area contributed by atoms with Crippen molar-refractivity contribution < 1.29 is 8.42 Å². The van der Waals surface area contributed by atoms with E-state index in [9.17, 15) is 8.42 Å². The van der Waals surface area contributed by atoms with E-state index in [0.717, 1.165) is 0 Å². The maximum absolute atomic E-state index is 11.1. The molecule has 0 aromatic rings. The van der Waals surface area contributed by atoms with Crippen LogP contribution in [0.15, 0.2) is 0 Å². The molecule has 0 unspecified atom stereocenters. The molecule has 0 amide bonds. The molecule has 0 bridgehead atoms. The van der Waals surface area contributed by atoms with Gasteiger partial charge in [-0.1, -0.05) is 47.8 Å². The Morgan fingerprint density at radius 1 is 1.55 bits per heavy atom. The Bertz CT molecular complexity index is 250. The van der Waals surface area contributed by atoms with Gasteiger partial charge >= 0.3 is 0 Å². The van der Waals surface area contributed by atoms with Crippen LogP contribution in [0.3, 0.4) is 0 Å². The molecule has 1 aliphatic rings. The topological polar surface area (TPSA) is 34.1 Å². The standard InChI is InChI=1S/C5H7Br3O2S/c6-2-5(8)3-11(9,10)1-4(5)7/h4H,1-3H2/t4-,5-/m1/s1. The molecule has 0 saturated carbocycles. The summed E-state index contributed by atoms with van der Waals surface area (Å²) in [6.45, 7) is 0. The molecule has 6 heteroatoms. The van der Waals surface area contributed by atoms with Gasteiger partial charge in [-0.3, -0.25) is 0 Å². The van der Waals surface area contributed by atoms with E-state index in [-0.39, 0.29) is 20.7 Å². The number of alkyl halides is 3. The monoisotopic (exact) mass is 368 g/mol. The predicted molar refractivity (Wildman–Crippen MR) is 56.8 cm³/mol. The van der Waals surface area contributed by atoms with Crippen molar-refractivity contribution in [3.8, 4) is 0 Å². The van der Waals surface area contributed by atoms with Crippen LogP contribution in [-0.4, -0.2) is 34.4 Å². The second-order valence-corrected chi connectivity index (χ2v) is 8.04. The van der Waals surface area contributed by atoms with Gasteiger partial charge in [0.15, 0.2) is 9.84 Å². The molecule has 0 radical (unpaired) electrons. The van der Waals surface area contributed by atoms with E-state index < -0.39 is 9.84 Å². The lowest BCUT2D eigenvalue weighted by atomic mass is 10.2. The van der Waals surface area contributed by atoms with E-state index >= 15 is 0 Å². The fraction of sp³-hybridized carbons (Fsp3) is 1.00. The highest BCUT2D eigenvalue weighted by atomic mass is 79.9. The summed E-state index contributed by atoms with van der Waals surface area (Å²) in [6.07, 6.45) is 0. The number of sulfone groups is 1. The lowest BCUT2D eigenvalue weighted by Gasteiger charge is -2.19. The molecular formula is C5H7Br3O2S. The highest BCUT2D eigenvalue weighted by molar-refractivity contribution is 9.14. The van der Waals surface area contributed by atoms with Crippen molar-refractivity contribution in [3.05, 3.63) is 0 Å². The number of hydrogen-bond donors (Lipinski definition) is 0. The van der Waals surface area contributed by atoms with Crippen molar-refractivity contribution in [3.63, 3.8) is 0 Å². The van der Waals surface area contributed by atoms with Crippen LogP contribution in [-0.2, 0) is 9.84 Å². The summed E-state index contributed by atoms with van der Waals surface area (Å²) in [5.74, 6) is 0.436. The Hall–Kier alpha value is 1.39. The Morgan fingerprint density at radius 3 is 2.27 bits per heavy atom. The summed E-state index contributed by atoms with van der Waals surface area (Å²) in [4.78, 5) is 0.0133. The summed E-state index contributed by atoms with van der Waals surface area (Å²) < 4.78 is 22.0. The van der Waals surface area contributed by atoms with E-state index in [1.807, 2.05) is 0 Å². The SMILES string of the molecule is O=S1(=O)C[C@@H](Br)[C@@](Br)(CBr)C1. The minimum absolute atomic E-state index is 0.0133. The van der Waals surface area contributed by atoms with E-state index in [1.165, 1.54) is 0 Å². The normalized spacial score (nSPS) is 42.6. The van der Waals surface area contributed by atoms with E-state index in [2.05, 4.69) is 47.8 Å². The summed E-state index contributed by atoms with van der Waals surface area (Å²) in [5, 5.41) is 0.648. The highest BCUT2D eigenvalue weighted by Gasteiger charge is 2.46. The van der Waals surface area contributed by atoms with Crippen LogP contribution in [0.25, 0.3) is 0 Å². The molecule has 0 N–H and O–H groups in total. The van der Waals surface area contributed by atoms with Gasteiger partial charge in [0.05, 0.1) is 15.8 Å². The van der Waals surface area contributed by atoms with Gasteiger partial charge in [-0.2, -0.15) is 0 Å². The smallest absolute Gasteiger partial charge is 0.152 e. The molecule has 11 heavy (non-hydrogen) atoms. The lowest BCUT2D eigenvalue weighted by molar-refractivity contribution is 0.601. The van der Waals surface area contributed by atoms with Gasteiger partial charge in [-0.25, -0.2) is 8.42 Å². The van der Waals surface area contributed by atoms with Gasteiger partial charge in [-0.05, 0) is 0 Å². The molecule has 1 heterocycles. The minimum Gasteiger partial charge on any atom is -0.229 e. The molecule has 1 fully saturated rings. The first-order valence-corrected chi connectivity index (χ1v) is 7.64. The number of rotatable bonds is 1. The molecule has 1 aliphatic heterocycles. The summed E-state index contributed by atoms with van der Waals surface area (Å²) in [6, 6.07) is 0. The van der Waals surface area contributed by atoms with E-state index in [4.69, 9.17) is 0 Å².